The number of cyclic esters (lactones) is 1. The number of anilines is 1. The third kappa shape index (κ3) is 20.3. The molecule has 1 fully saturated rings. The Morgan fingerprint density at radius 1 is 0.656 bits per heavy atom. The van der Waals surface area contributed by atoms with Gasteiger partial charge >= 0.3 is 18.2 Å². The molecule has 18 nitrogen and oxygen atoms in total. The van der Waals surface area contributed by atoms with Gasteiger partial charge in [0.05, 0.1) is 144 Å². The maximum Gasteiger partial charge on any atom is 0.417 e. The number of halogens is 3. The Morgan fingerprint density at radius 3 is 1.61 bits per heavy atom. The van der Waals surface area contributed by atoms with Gasteiger partial charge in [-0.2, -0.15) is 13.2 Å². The molecule has 2 aromatic carbocycles. The van der Waals surface area contributed by atoms with Gasteiger partial charge in [0.15, 0.2) is 6.10 Å². The fourth-order valence-electron chi connectivity index (χ4n) is 5.85. The van der Waals surface area contributed by atoms with Crippen LogP contribution in [0.25, 0.3) is 22.0 Å². The number of rotatable bonds is 36. The summed E-state index contributed by atoms with van der Waals surface area (Å²) in [5, 5.41) is 0.541. The van der Waals surface area contributed by atoms with E-state index in [0.29, 0.717) is 130 Å². The van der Waals surface area contributed by atoms with Crippen LogP contribution < -0.4 is 10.5 Å². The van der Waals surface area contributed by atoms with Crippen LogP contribution in [0.15, 0.2) is 53.3 Å². The minimum absolute atomic E-state index is 0.00555. The first-order chi connectivity index (χ1) is 31.2. The van der Waals surface area contributed by atoms with E-state index >= 15 is 0 Å². The summed E-state index contributed by atoms with van der Waals surface area (Å²) in [5.74, 6) is -0.661. The summed E-state index contributed by atoms with van der Waals surface area (Å²) in [6.07, 6.45) is -6.11. The zero-order valence-corrected chi connectivity index (χ0v) is 36.1. The van der Waals surface area contributed by atoms with Crippen LogP contribution in [-0.2, 0) is 72.6 Å². The Balaban J connectivity index is 0.911. The Labute approximate surface area is 369 Å². The molecule has 0 spiro atoms. The fraction of sp³-hybridized carbons (Fsp3) is 0.605. The van der Waals surface area contributed by atoms with Crippen LogP contribution in [0.1, 0.15) is 5.56 Å². The maximum atomic E-state index is 13.6. The van der Waals surface area contributed by atoms with E-state index in [4.69, 9.17) is 61.6 Å². The third-order valence-corrected chi connectivity index (χ3v) is 8.97. The molecule has 1 unspecified atom stereocenters. The number of alkyl halides is 3. The van der Waals surface area contributed by atoms with Crippen LogP contribution in [-0.4, -0.2) is 182 Å². The second kappa shape index (κ2) is 30.8. The number of nitrogens with one attached hydrogen (secondary N) is 1. The lowest BCUT2D eigenvalue weighted by atomic mass is 10.0. The van der Waals surface area contributed by atoms with Crippen LogP contribution in [0.4, 0.5) is 23.7 Å². The lowest BCUT2D eigenvalue weighted by Gasteiger charge is -2.15. The fourth-order valence-corrected chi connectivity index (χ4v) is 5.85. The number of carbonyl (C=O) groups excluding carboxylic acids is 2. The summed E-state index contributed by atoms with van der Waals surface area (Å²) >= 11 is 0. The second-order valence-electron chi connectivity index (χ2n) is 13.7. The molecule has 0 radical (unpaired) electrons. The van der Waals surface area contributed by atoms with Gasteiger partial charge in [0.25, 0.3) is 5.56 Å². The number of benzene rings is 2. The van der Waals surface area contributed by atoms with Crippen molar-refractivity contribution in [3.05, 3.63) is 64.4 Å². The number of aromatic amines is 1. The monoisotopic (exact) mass is 916 g/mol. The minimum atomic E-state index is -4.62. The van der Waals surface area contributed by atoms with Crippen molar-refractivity contribution in [2.45, 2.75) is 12.3 Å². The van der Waals surface area contributed by atoms with E-state index < -0.39 is 35.5 Å². The highest BCUT2D eigenvalue weighted by Gasteiger charge is 2.35. The van der Waals surface area contributed by atoms with E-state index in [1.54, 1.807) is 13.2 Å². The Kier molecular flexibility index (Phi) is 25.2. The molecule has 4 rings (SSSR count). The van der Waals surface area contributed by atoms with Crippen molar-refractivity contribution in [2.75, 3.05) is 164 Å². The van der Waals surface area contributed by atoms with Gasteiger partial charge in [-0.1, -0.05) is 24.3 Å². The van der Waals surface area contributed by atoms with Crippen LogP contribution >= 0.6 is 0 Å². The molecule has 2 heterocycles. The molecule has 0 saturated carbocycles. The maximum absolute atomic E-state index is 13.6. The van der Waals surface area contributed by atoms with Gasteiger partial charge < -0.3 is 66.6 Å². The lowest BCUT2D eigenvalue weighted by Crippen LogP contribution is -2.27. The van der Waals surface area contributed by atoms with Crippen LogP contribution in [0.3, 0.4) is 0 Å². The first-order valence-corrected chi connectivity index (χ1v) is 20.9. The highest BCUT2D eigenvalue weighted by Crippen LogP contribution is 2.37. The van der Waals surface area contributed by atoms with Crippen molar-refractivity contribution in [2.24, 2.45) is 0 Å². The Bertz CT molecular complexity index is 1830. The van der Waals surface area contributed by atoms with Gasteiger partial charge in [-0.15, -0.1) is 0 Å². The predicted octanol–water partition coefficient (Wildman–Crippen LogP) is 3.89. The van der Waals surface area contributed by atoms with E-state index in [2.05, 4.69) is 4.98 Å². The van der Waals surface area contributed by atoms with Crippen molar-refractivity contribution in [1.82, 2.24) is 4.98 Å². The molecule has 0 aliphatic carbocycles. The van der Waals surface area contributed by atoms with Gasteiger partial charge in [0, 0.05) is 29.4 Å². The molecule has 1 amide bonds. The van der Waals surface area contributed by atoms with Gasteiger partial charge in [-0.3, -0.25) is 9.69 Å². The summed E-state index contributed by atoms with van der Waals surface area (Å²) in [5.41, 5.74) is -1.34. The Morgan fingerprint density at radius 2 is 1.12 bits per heavy atom. The zero-order chi connectivity index (χ0) is 45.7. The standard InChI is InChI=1S/C43H59F3N2O16/c1-52-8-9-53-10-11-54-12-13-55-14-15-56-16-17-57-18-19-58-20-21-59-22-23-60-24-25-61-26-27-62-32-40(49)63-31-35-30-48(42(51)64-35)34-7-6-33-28-39(47-41(50)37(33)29-34)36-4-2-3-5-38(36)43(44,45)46/h2-7,28-29,35H,8-27,30-32H2,1H3,(H,47,50). The van der Waals surface area contributed by atoms with Gasteiger partial charge in [0.1, 0.15) is 13.2 Å². The summed E-state index contributed by atoms with van der Waals surface area (Å²) in [6, 6.07) is 10.9. The first-order valence-electron chi connectivity index (χ1n) is 20.9. The first kappa shape index (κ1) is 52.4. The van der Waals surface area contributed by atoms with Gasteiger partial charge in [0.2, 0.25) is 0 Å². The number of pyridine rings is 1. The van der Waals surface area contributed by atoms with Gasteiger partial charge in [-0.25, -0.2) is 9.59 Å². The molecular weight excluding hydrogens is 857 g/mol. The highest BCUT2D eigenvalue weighted by atomic mass is 19.4. The van der Waals surface area contributed by atoms with E-state index in [1.165, 1.54) is 41.3 Å². The highest BCUT2D eigenvalue weighted by molar-refractivity contribution is 5.95. The number of hydrogen-bond acceptors (Lipinski definition) is 16. The zero-order valence-electron chi connectivity index (χ0n) is 36.1. The van der Waals surface area contributed by atoms with Crippen molar-refractivity contribution in [1.29, 1.82) is 0 Å². The van der Waals surface area contributed by atoms with E-state index in [0.717, 1.165) is 6.07 Å². The number of hydrogen-bond donors (Lipinski definition) is 1. The molecule has 1 aliphatic heterocycles. The summed E-state index contributed by atoms with van der Waals surface area (Å²) in [4.78, 5) is 41.6. The van der Waals surface area contributed by atoms with Crippen molar-refractivity contribution < 1.29 is 84.3 Å². The summed E-state index contributed by atoms with van der Waals surface area (Å²) < 4.78 is 110. The van der Waals surface area contributed by atoms with Crippen molar-refractivity contribution >= 4 is 28.5 Å². The lowest BCUT2D eigenvalue weighted by molar-refractivity contribution is -0.151. The molecule has 1 atom stereocenters. The molecule has 64 heavy (non-hydrogen) atoms. The Hall–Kier alpha value is -4.26. The number of esters is 1. The molecule has 21 heteroatoms. The van der Waals surface area contributed by atoms with Gasteiger partial charge in [-0.05, 0) is 29.7 Å². The number of aromatic nitrogens is 1. The molecule has 3 aromatic rings. The molecular formula is C43H59F3N2O16. The minimum Gasteiger partial charge on any atom is -0.460 e. The number of nitrogens with zero attached hydrogens (tertiary/aromatic N) is 1. The van der Waals surface area contributed by atoms with Crippen LogP contribution in [0.2, 0.25) is 0 Å². The molecule has 1 aliphatic rings. The molecule has 358 valence electrons. The largest absolute Gasteiger partial charge is 0.460 e. The number of methoxy groups -OCH3 is 1. The quantitative estimate of drug-likeness (QED) is 0.0653. The van der Waals surface area contributed by atoms with E-state index in [-0.39, 0.29) is 49.6 Å². The molecule has 1 aromatic heterocycles. The molecule has 1 N–H and O–H groups in total. The number of amides is 1. The van der Waals surface area contributed by atoms with Crippen molar-refractivity contribution in [3.8, 4) is 11.3 Å². The van der Waals surface area contributed by atoms with E-state index in [9.17, 15) is 27.6 Å². The molecule has 0 bridgehead atoms. The smallest absolute Gasteiger partial charge is 0.417 e. The van der Waals surface area contributed by atoms with Crippen LogP contribution in [0.5, 0.6) is 0 Å². The molecule has 1 saturated heterocycles. The van der Waals surface area contributed by atoms with E-state index in [1.807, 2.05) is 0 Å². The number of H-pyrrole nitrogens is 1. The SMILES string of the molecule is COCCOCCOCCOCCOCCOCCOCCOCCOCCOCCOCC(=O)OCC1CN(c2ccc3cc(-c4ccccc4C(F)(F)F)[nH]c(=O)c3c2)C(=O)O1. The summed E-state index contributed by atoms with van der Waals surface area (Å²) in [7, 11) is 1.63. The summed E-state index contributed by atoms with van der Waals surface area (Å²) in [6.45, 7) is 8.16. The second-order valence-corrected chi connectivity index (χ2v) is 13.7. The van der Waals surface area contributed by atoms with Crippen molar-refractivity contribution in [3.63, 3.8) is 0 Å². The van der Waals surface area contributed by atoms with Crippen LogP contribution in [0, 0.1) is 0 Å². The normalized spacial score (nSPS) is 14.2. The number of ether oxygens (including phenoxy) is 13. The number of carbonyl (C=O) groups is 2. The average molecular weight is 917 g/mol. The average Bonchev–Trinajstić information content (AvgIpc) is 3.67. The predicted molar refractivity (Wildman–Crippen MR) is 224 cm³/mol. The third-order valence-electron chi connectivity index (χ3n) is 8.97. The topological polar surface area (TPSA) is 190 Å². The number of fused-ring (bicyclic) bond motifs is 1.